The van der Waals surface area contributed by atoms with Gasteiger partial charge in [0.1, 0.15) is 0 Å². The van der Waals surface area contributed by atoms with Crippen molar-refractivity contribution in [3.63, 3.8) is 0 Å². The van der Waals surface area contributed by atoms with Crippen LogP contribution < -0.4 is 0 Å². The molecule has 0 fully saturated rings. The second kappa shape index (κ2) is 28.6. The Morgan fingerprint density at radius 3 is 0.800 bits per heavy atom. The molecule has 0 nitrogen and oxygen atoms in total. The van der Waals surface area contributed by atoms with Crippen LogP contribution in [0.1, 0.15) is 181 Å². The molecule has 178 valence electrons. The number of rotatable bonds is 25. The van der Waals surface area contributed by atoms with E-state index in [0.29, 0.717) is 0 Å². The topological polar surface area (TPSA) is 0 Å². The van der Waals surface area contributed by atoms with Crippen LogP contribution in [0.25, 0.3) is 0 Å². The van der Waals surface area contributed by atoms with E-state index in [2.05, 4.69) is 18.8 Å². The van der Waals surface area contributed by atoms with Gasteiger partial charge in [0.05, 0.1) is 0 Å². The quantitative estimate of drug-likeness (QED) is 0.102. The van der Waals surface area contributed by atoms with E-state index in [1.807, 2.05) is 6.92 Å². The summed E-state index contributed by atoms with van der Waals surface area (Å²) in [7, 11) is 0. The fraction of sp³-hybridized carbons (Fsp3) is 0.933. The number of hydrogen-bond donors (Lipinski definition) is 0. The first-order valence-electron chi connectivity index (χ1n) is 14.3. The highest BCUT2D eigenvalue weighted by Crippen LogP contribution is 2.15. The predicted molar refractivity (Wildman–Crippen MR) is 139 cm³/mol. The molecule has 0 aliphatic rings. The molecular weight excluding hydrogens is 360 g/mol. The Balaban J connectivity index is 2.99. The maximum absolute atomic E-state index is 3.16. The van der Waals surface area contributed by atoms with Gasteiger partial charge in [-0.15, -0.1) is 11.8 Å². The molecule has 0 atom stereocenters. The lowest BCUT2D eigenvalue weighted by molar-refractivity contribution is 0.516. The second-order valence-corrected chi connectivity index (χ2v) is 9.66. The fourth-order valence-electron chi connectivity index (χ4n) is 4.48. The highest BCUT2D eigenvalue weighted by molar-refractivity contribution is 4.94. The molecule has 30 heavy (non-hydrogen) atoms. The first kappa shape index (κ1) is 29.6. The van der Waals surface area contributed by atoms with E-state index in [1.165, 1.54) is 161 Å². The van der Waals surface area contributed by atoms with Crippen molar-refractivity contribution in [2.75, 3.05) is 0 Å². The zero-order valence-electron chi connectivity index (χ0n) is 21.4. The van der Waals surface area contributed by atoms with E-state index in [0.717, 1.165) is 6.42 Å². The molecule has 0 aromatic rings. The minimum Gasteiger partial charge on any atom is -0.107 e. The van der Waals surface area contributed by atoms with Crippen LogP contribution in [0, 0.1) is 11.8 Å². The van der Waals surface area contributed by atoms with E-state index in [-0.39, 0.29) is 0 Å². The summed E-state index contributed by atoms with van der Waals surface area (Å²) in [5, 5.41) is 0. The zero-order chi connectivity index (χ0) is 21.8. The summed E-state index contributed by atoms with van der Waals surface area (Å²) in [4.78, 5) is 0. The number of unbranched alkanes of at least 4 members (excludes halogenated alkanes) is 25. The van der Waals surface area contributed by atoms with Crippen molar-refractivity contribution < 1.29 is 0 Å². The molecule has 0 heterocycles. The van der Waals surface area contributed by atoms with E-state index in [4.69, 9.17) is 0 Å². The van der Waals surface area contributed by atoms with Crippen molar-refractivity contribution in [2.24, 2.45) is 0 Å². The largest absolute Gasteiger partial charge is 0.107 e. The van der Waals surface area contributed by atoms with Crippen LogP contribution in [0.4, 0.5) is 0 Å². The van der Waals surface area contributed by atoms with Gasteiger partial charge in [0.2, 0.25) is 0 Å². The lowest BCUT2D eigenvalue weighted by Gasteiger charge is -2.04. The van der Waals surface area contributed by atoms with Crippen molar-refractivity contribution in [1.82, 2.24) is 0 Å². The second-order valence-electron chi connectivity index (χ2n) is 9.66. The van der Waals surface area contributed by atoms with Crippen molar-refractivity contribution in [3.05, 3.63) is 0 Å². The van der Waals surface area contributed by atoms with Gasteiger partial charge in [0.15, 0.2) is 0 Å². The Bertz CT molecular complexity index is 345. The summed E-state index contributed by atoms with van der Waals surface area (Å²) in [6, 6.07) is 0. The molecule has 0 heteroatoms. The molecule has 0 radical (unpaired) electrons. The summed E-state index contributed by atoms with van der Waals surface area (Å²) in [5.41, 5.74) is 0. The maximum atomic E-state index is 3.16. The smallest absolute Gasteiger partial charge is 0.00885 e. The SMILES string of the molecule is CC#CCCCCCCCCCCCCCCCCCCCCCCCCCCC. The van der Waals surface area contributed by atoms with Crippen LogP contribution in [-0.4, -0.2) is 0 Å². The Morgan fingerprint density at radius 1 is 0.333 bits per heavy atom. The van der Waals surface area contributed by atoms with Gasteiger partial charge in [-0.25, -0.2) is 0 Å². The van der Waals surface area contributed by atoms with Gasteiger partial charge in [0, 0.05) is 6.42 Å². The van der Waals surface area contributed by atoms with Crippen LogP contribution in [0.3, 0.4) is 0 Å². The van der Waals surface area contributed by atoms with E-state index in [9.17, 15) is 0 Å². The Morgan fingerprint density at radius 2 is 0.567 bits per heavy atom. The molecule has 0 bridgehead atoms. The molecule has 0 unspecified atom stereocenters. The lowest BCUT2D eigenvalue weighted by Crippen LogP contribution is -1.84. The molecule has 0 rings (SSSR count). The standard InChI is InChI=1S/C30H58/c1-3-5-7-9-11-13-15-17-19-21-23-25-27-29-30-28-26-24-22-20-18-16-14-12-10-8-6-4-2/h3,5,7-30H2,1-2H3. The molecule has 0 saturated carbocycles. The molecule has 0 spiro atoms. The van der Waals surface area contributed by atoms with Crippen molar-refractivity contribution in [2.45, 2.75) is 181 Å². The van der Waals surface area contributed by atoms with Gasteiger partial charge >= 0.3 is 0 Å². The average molecular weight is 419 g/mol. The third-order valence-electron chi connectivity index (χ3n) is 6.58. The van der Waals surface area contributed by atoms with Crippen LogP contribution in [0.15, 0.2) is 0 Å². The van der Waals surface area contributed by atoms with E-state index in [1.54, 1.807) is 0 Å². The third kappa shape index (κ3) is 27.6. The highest BCUT2D eigenvalue weighted by Gasteiger charge is 1.96. The molecule has 0 aromatic carbocycles. The summed E-state index contributed by atoms with van der Waals surface area (Å²) < 4.78 is 0. The normalized spacial score (nSPS) is 10.9. The molecule has 0 amide bonds. The zero-order valence-corrected chi connectivity index (χ0v) is 21.4. The van der Waals surface area contributed by atoms with Crippen LogP contribution in [-0.2, 0) is 0 Å². The van der Waals surface area contributed by atoms with Crippen LogP contribution in [0.2, 0.25) is 0 Å². The minimum absolute atomic E-state index is 1.11. The Kier molecular flexibility index (Phi) is 28.1. The van der Waals surface area contributed by atoms with Gasteiger partial charge in [-0.3, -0.25) is 0 Å². The maximum Gasteiger partial charge on any atom is 0.00885 e. The van der Waals surface area contributed by atoms with Gasteiger partial charge in [0.25, 0.3) is 0 Å². The summed E-state index contributed by atoms with van der Waals surface area (Å²) in [6.45, 7) is 4.25. The highest BCUT2D eigenvalue weighted by atomic mass is 14.0. The summed E-state index contributed by atoms with van der Waals surface area (Å²) >= 11 is 0. The van der Waals surface area contributed by atoms with Gasteiger partial charge < -0.3 is 0 Å². The van der Waals surface area contributed by atoms with Crippen LogP contribution >= 0.6 is 0 Å². The molecule has 0 N–H and O–H groups in total. The van der Waals surface area contributed by atoms with E-state index >= 15 is 0 Å². The lowest BCUT2D eigenvalue weighted by atomic mass is 10.0. The Labute approximate surface area is 192 Å². The third-order valence-corrected chi connectivity index (χ3v) is 6.58. The first-order valence-corrected chi connectivity index (χ1v) is 14.3. The fourth-order valence-corrected chi connectivity index (χ4v) is 4.48. The average Bonchev–Trinajstić information content (AvgIpc) is 2.76. The van der Waals surface area contributed by atoms with E-state index < -0.39 is 0 Å². The molecule has 0 saturated heterocycles. The molecule has 0 aliphatic heterocycles. The summed E-state index contributed by atoms with van der Waals surface area (Å²) in [6.07, 6.45) is 37.6. The predicted octanol–water partition coefficient (Wildman–Crippen LogP) is 11.2. The summed E-state index contributed by atoms with van der Waals surface area (Å²) in [5.74, 6) is 6.15. The van der Waals surface area contributed by atoms with Crippen molar-refractivity contribution >= 4 is 0 Å². The number of hydrogen-bond acceptors (Lipinski definition) is 0. The van der Waals surface area contributed by atoms with Crippen LogP contribution in [0.5, 0.6) is 0 Å². The minimum atomic E-state index is 1.11. The molecule has 0 aromatic heterocycles. The molecular formula is C30H58. The van der Waals surface area contributed by atoms with Crippen molar-refractivity contribution in [3.8, 4) is 11.8 Å². The van der Waals surface area contributed by atoms with Crippen molar-refractivity contribution in [1.29, 1.82) is 0 Å². The van der Waals surface area contributed by atoms with Gasteiger partial charge in [-0.05, 0) is 13.3 Å². The van der Waals surface area contributed by atoms with Gasteiger partial charge in [-0.1, -0.05) is 161 Å². The van der Waals surface area contributed by atoms with Gasteiger partial charge in [-0.2, -0.15) is 0 Å². The first-order chi connectivity index (χ1) is 14.9. The monoisotopic (exact) mass is 418 g/mol. The molecule has 0 aliphatic carbocycles. The Hall–Kier alpha value is -0.440.